The second kappa shape index (κ2) is 8.74. The second-order valence-corrected chi connectivity index (χ2v) is 7.28. The van der Waals surface area contributed by atoms with Crippen LogP contribution in [0.25, 0.3) is 0 Å². The summed E-state index contributed by atoms with van der Waals surface area (Å²) in [5.41, 5.74) is 2.87. The maximum atomic E-state index is 13.1. The number of carbonyl (C=O) groups is 3. The van der Waals surface area contributed by atoms with Crippen LogP contribution in [-0.4, -0.2) is 34.1 Å². The summed E-state index contributed by atoms with van der Waals surface area (Å²) < 4.78 is 0. The largest absolute Gasteiger partial charge is 0.334 e. The van der Waals surface area contributed by atoms with Gasteiger partial charge in [-0.1, -0.05) is 72.8 Å². The van der Waals surface area contributed by atoms with Crippen molar-refractivity contribution in [3.63, 3.8) is 0 Å². The third-order valence-electron chi connectivity index (χ3n) is 5.21. The Morgan fingerprint density at radius 3 is 1.57 bits per heavy atom. The van der Waals surface area contributed by atoms with Crippen molar-refractivity contribution in [2.75, 3.05) is 6.54 Å². The van der Waals surface area contributed by atoms with Crippen LogP contribution < -0.4 is 0 Å². The van der Waals surface area contributed by atoms with Gasteiger partial charge in [0.05, 0.1) is 11.1 Å². The first-order valence-corrected chi connectivity index (χ1v) is 9.94. The number of carbonyl (C=O) groups excluding carboxylic acids is 3. The zero-order valence-corrected chi connectivity index (χ0v) is 16.5. The van der Waals surface area contributed by atoms with Gasteiger partial charge in [-0.05, 0) is 23.3 Å². The van der Waals surface area contributed by atoms with Crippen LogP contribution in [0.15, 0.2) is 84.9 Å². The number of benzene rings is 3. The highest BCUT2D eigenvalue weighted by atomic mass is 16.2. The molecule has 1 aliphatic rings. The van der Waals surface area contributed by atoms with Gasteiger partial charge in [-0.3, -0.25) is 19.3 Å². The van der Waals surface area contributed by atoms with E-state index in [4.69, 9.17) is 0 Å². The topological polar surface area (TPSA) is 57.7 Å². The normalized spacial score (nSPS) is 12.7. The summed E-state index contributed by atoms with van der Waals surface area (Å²) in [4.78, 5) is 41.1. The fourth-order valence-corrected chi connectivity index (χ4v) is 3.65. The lowest BCUT2D eigenvalue weighted by atomic mass is 10.1. The van der Waals surface area contributed by atoms with Gasteiger partial charge < -0.3 is 4.90 Å². The maximum Gasteiger partial charge on any atom is 0.261 e. The molecule has 0 fully saturated rings. The zero-order chi connectivity index (χ0) is 20.9. The lowest BCUT2D eigenvalue weighted by Gasteiger charge is -2.24. The second-order valence-electron chi connectivity index (χ2n) is 7.28. The van der Waals surface area contributed by atoms with E-state index < -0.39 is 0 Å². The molecule has 0 aromatic heterocycles. The van der Waals surface area contributed by atoms with Crippen molar-refractivity contribution in [3.05, 3.63) is 107 Å². The zero-order valence-electron chi connectivity index (χ0n) is 16.5. The first-order chi connectivity index (χ1) is 14.6. The van der Waals surface area contributed by atoms with Crippen LogP contribution in [0.5, 0.6) is 0 Å². The molecular formula is C25H22N2O3. The molecule has 0 spiro atoms. The van der Waals surface area contributed by atoms with Crippen LogP contribution >= 0.6 is 0 Å². The van der Waals surface area contributed by atoms with E-state index in [2.05, 4.69) is 0 Å². The average Bonchev–Trinajstić information content (AvgIpc) is 3.03. The van der Waals surface area contributed by atoms with Crippen LogP contribution in [0.2, 0.25) is 0 Å². The number of fused-ring (bicyclic) bond motifs is 1. The summed E-state index contributed by atoms with van der Waals surface area (Å²) in [7, 11) is 0. The number of amides is 3. The Bertz CT molecular complexity index is 988. The third-order valence-corrected chi connectivity index (χ3v) is 5.21. The van der Waals surface area contributed by atoms with Crippen molar-refractivity contribution < 1.29 is 14.4 Å². The Hall–Kier alpha value is -3.73. The molecule has 3 aromatic carbocycles. The molecule has 0 N–H and O–H groups in total. The summed E-state index contributed by atoms with van der Waals surface area (Å²) in [6.07, 6.45) is 0.0884. The molecule has 0 radical (unpaired) electrons. The fraction of sp³-hybridized carbons (Fsp3) is 0.160. The monoisotopic (exact) mass is 398 g/mol. The van der Waals surface area contributed by atoms with E-state index >= 15 is 0 Å². The van der Waals surface area contributed by atoms with Crippen molar-refractivity contribution in [1.29, 1.82) is 0 Å². The molecule has 5 nitrogen and oxygen atoms in total. The van der Waals surface area contributed by atoms with Gasteiger partial charge in [0.2, 0.25) is 5.91 Å². The van der Waals surface area contributed by atoms with Gasteiger partial charge >= 0.3 is 0 Å². The highest BCUT2D eigenvalue weighted by Gasteiger charge is 2.35. The number of hydrogen-bond acceptors (Lipinski definition) is 3. The molecule has 5 heteroatoms. The molecule has 0 bridgehead atoms. The smallest absolute Gasteiger partial charge is 0.261 e. The molecule has 0 unspecified atom stereocenters. The van der Waals surface area contributed by atoms with Crippen molar-refractivity contribution >= 4 is 17.7 Å². The van der Waals surface area contributed by atoms with E-state index in [1.807, 2.05) is 60.7 Å². The Balaban J connectivity index is 1.46. The first-order valence-electron chi connectivity index (χ1n) is 9.94. The number of rotatable bonds is 7. The lowest BCUT2D eigenvalue weighted by molar-refractivity contribution is -0.132. The molecule has 1 aliphatic heterocycles. The predicted molar refractivity (Wildman–Crippen MR) is 114 cm³/mol. The molecule has 0 saturated carbocycles. The quantitative estimate of drug-likeness (QED) is 0.567. The SMILES string of the molecule is O=C(CCN1C(=O)c2ccccc2C1=O)N(Cc1ccccc1)Cc1ccccc1. The Morgan fingerprint density at radius 1 is 0.667 bits per heavy atom. The van der Waals surface area contributed by atoms with Crippen LogP contribution in [0, 0.1) is 0 Å². The number of nitrogens with zero attached hydrogens (tertiary/aromatic N) is 2. The van der Waals surface area contributed by atoms with Gasteiger partial charge in [-0.15, -0.1) is 0 Å². The molecule has 3 amide bonds. The maximum absolute atomic E-state index is 13.1. The van der Waals surface area contributed by atoms with E-state index in [0.29, 0.717) is 24.2 Å². The van der Waals surface area contributed by atoms with Gasteiger partial charge in [0.15, 0.2) is 0 Å². The van der Waals surface area contributed by atoms with Gasteiger partial charge in [0.25, 0.3) is 11.8 Å². The summed E-state index contributed by atoms with van der Waals surface area (Å²) in [6, 6.07) is 26.3. The molecule has 4 rings (SSSR count). The standard InChI is InChI=1S/C25H22N2O3/c28-23(15-16-27-24(29)21-13-7-8-14-22(21)25(27)30)26(17-19-9-3-1-4-10-19)18-20-11-5-2-6-12-20/h1-14H,15-18H2. The van der Waals surface area contributed by atoms with Gasteiger partial charge in [0.1, 0.15) is 0 Å². The molecule has 3 aromatic rings. The van der Waals surface area contributed by atoms with E-state index in [1.165, 1.54) is 4.90 Å². The molecule has 150 valence electrons. The Kier molecular flexibility index (Phi) is 5.70. The minimum absolute atomic E-state index is 0.0747. The van der Waals surface area contributed by atoms with Crippen LogP contribution in [0.1, 0.15) is 38.3 Å². The highest BCUT2D eigenvalue weighted by Crippen LogP contribution is 2.23. The van der Waals surface area contributed by atoms with E-state index in [-0.39, 0.29) is 30.7 Å². The third kappa shape index (κ3) is 4.15. The van der Waals surface area contributed by atoms with Crippen molar-refractivity contribution in [2.45, 2.75) is 19.5 Å². The molecule has 0 saturated heterocycles. The highest BCUT2D eigenvalue weighted by molar-refractivity contribution is 6.21. The fourth-order valence-electron chi connectivity index (χ4n) is 3.65. The van der Waals surface area contributed by atoms with E-state index in [1.54, 1.807) is 29.2 Å². The van der Waals surface area contributed by atoms with Crippen molar-refractivity contribution in [2.24, 2.45) is 0 Å². The minimum atomic E-state index is -0.332. The first kappa shape index (κ1) is 19.6. The molecular weight excluding hydrogens is 376 g/mol. The summed E-state index contributed by atoms with van der Waals surface area (Å²) >= 11 is 0. The van der Waals surface area contributed by atoms with Gasteiger partial charge in [-0.2, -0.15) is 0 Å². The number of imide groups is 1. The van der Waals surface area contributed by atoms with Crippen molar-refractivity contribution in [1.82, 2.24) is 9.80 Å². The van der Waals surface area contributed by atoms with Crippen LogP contribution in [-0.2, 0) is 17.9 Å². The molecule has 1 heterocycles. The molecule has 30 heavy (non-hydrogen) atoms. The van der Waals surface area contributed by atoms with Gasteiger partial charge in [0, 0.05) is 26.1 Å². The molecule has 0 aliphatic carbocycles. The van der Waals surface area contributed by atoms with E-state index in [9.17, 15) is 14.4 Å². The van der Waals surface area contributed by atoms with Crippen LogP contribution in [0.4, 0.5) is 0 Å². The van der Waals surface area contributed by atoms with Crippen molar-refractivity contribution in [3.8, 4) is 0 Å². The summed E-state index contributed by atoms with van der Waals surface area (Å²) in [5, 5.41) is 0. The number of hydrogen-bond donors (Lipinski definition) is 0. The lowest BCUT2D eigenvalue weighted by Crippen LogP contribution is -2.36. The Labute approximate surface area is 175 Å². The summed E-state index contributed by atoms with van der Waals surface area (Å²) in [5.74, 6) is -0.763. The average molecular weight is 398 g/mol. The predicted octanol–water partition coefficient (Wildman–Crippen LogP) is 3.90. The Morgan fingerprint density at radius 2 is 1.10 bits per heavy atom. The van der Waals surface area contributed by atoms with Crippen LogP contribution in [0.3, 0.4) is 0 Å². The molecule has 0 atom stereocenters. The minimum Gasteiger partial charge on any atom is -0.334 e. The summed E-state index contributed by atoms with van der Waals surface area (Å²) in [6.45, 7) is 1.01. The van der Waals surface area contributed by atoms with E-state index in [0.717, 1.165) is 11.1 Å². The van der Waals surface area contributed by atoms with Gasteiger partial charge in [-0.25, -0.2) is 0 Å².